The van der Waals surface area contributed by atoms with Gasteiger partial charge in [0.2, 0.25) is 0 Å². The molecule has 0 aliphatic carbocycles. The van der Waals surface area contributed by atoms with E-state index in [-0.39, 0.29) is 0 Å². The minimum absolute atomic E-state index is 0.296. The van der Waals surface area contributed by atoms with Gasteiger partial charge in [-0.2, -0.15) is 0 Å². The number of nitrogens with one attached hydrogen (secondary N) is 1. The SMILES string of the molecule is CC(NCCN(C)C(C)C)c1ccccc1Cl. The Balaban J connectivity index is 2.40. The van der Waals surface area contributed by atoms with E-state index in [0.717, 1.165) is 18.1 Å². The second-order valence-corrected chi connectivity index (χ2v) is 5.18. The Hall–Kier alpha value is -0.570. The second kappa shape index (κ2) is 7.00. The highest BCUT2D eigenvalue weighted by Crippen LogP contribution is 2.21. The smallest absolute Gasteiger partial charge is 0.0453 e. The maximum Gasteiger partial charge on any atom is 0.0453 e. The molecule has 0 amide bonds. The summed E-state index contributed by atoms with van der Waals surface area (Å²) in [6, 6.07) is 8.89. The van der Waals surface area contributed by atoms with Crippen LogP contribution in [0.4, 0.5) is 0 Å². The average Bonchev–Trinajstić information content (AvgIpc) is 2.29. The van der Waals surface area contributed by atoms with Crippen molar-refractivity contribution >= 4 is 11.6 Å². The van der Waals surface area contributed by atoms with Crippen molar-refractivity contribution in [3.63, 3.8) is 0 Å². The van der Waals surface area contributed by atoms with E-state index in [1.54, 1.807) is 0 Å². The van der Waals surface area contributed by atoms with Gasteiger partial charge in [-0.05, 0) is 39.4 Å². The molecule has 0 fully saturated rings. The lowest BCUT2D eigenvalue weighted by Gasteiger charge is -2.23. The van der Waals surface area contributed by atoms with Crippen molar-refractivity contribution in [1.29, 1.82) is 0 Å². The van der Waals surface area contributed by atoms with Gasteiger partial charge >= 0.3 is 0 Å². The first-order valence-corrected chi connectivity index (χ1v) is 6.58. The van der Waals surface area contributed by atoms with Crippen LogP contribution in [-0.4, -0.2) is 31.1 Å². The van der Waals surface area contributed by atoms with Crippen LogP contribution in [-0.2, 0) is 0 Å². The standard InChI is InChI=1S/C14H23ClN2/c1-11(2)17(4)10-9-16-12(3)13-7-5-6-8-14(13)15/h5-8,11-12,16H,9-10H2,1-4H3. The lowest BCUT2D eigenvalue weighted by Crippen LogP contribution is -2.34. The number of benzene rings is 1. The van der Waals surface area contributed by atoms with Crippen molar-refractivity contribution in [2.45, 2.75) is 32.9 Å². The first-order valence-electron chi connectivity index (χ1n) is 6.20. The zero-order valence-corrected chi connectivity index (χ0v) is 12.0. The number of hydrogen-bond acceptors (Lipinski definition) is 2. The Morgan fingerprint density at radius 2 is 1.88 bits per heavy atom. The Morgan fingerprint density at radius 1 is 1.24 bits per heavy atom. The number of hydrogen-bond donors (Lipinski definition) is 1. The van der Waals surface area contributed by atoms with Crippen LogP contribution in [0.3, 0.4) is 0 Å². The van der Waals surface area contributed by atoms with Crippen molar-refractivity contribution in [1.82, 2.24) is 10.2 Å². The second-order valence-electron chi connectivity index (χ2n) is 4.77. The first-order chi connectivity index (χ1) is 8.02. The molecule has 1 aromatic rings. The highest BCUT2D eigenvalue weighted by Gasteiger charge is 2.09. The molecule has 1 aromatic carbocycles. The summed E-state index contributed by atoms with van der Waals surface area (Å²) in [6.07, 6.45) is 0. The summed E-state index contributed by atoms with van der Waals surface area (Å²) in [5, 5.41) is 4.34. The maximum atomic E-state index is 6.16. The zero-order chi connectivity index (χ0) is 12.8. The Bertz CT molecular complexity index is 339. The van der Waals surface area contributed by atoms with E-state index in [2.05, 4.69) is 44.1 Å². The monoisotopic (exact) mass is 254 g/mol. The largest absolute Gasteiger partial charge is 0.309 e. The van der Waals surface area contributed by atoms with Crippen LogP contribution in [0.1, 0.15) is 32.4 Å². The van der Waals surface area contributed by atoms with Crippen LogP contribution in [0.2, 0.25) is 5.02 Å². The molecule has 0 heterocycles. The van der Waals surface area contributed by atoms with Crippen LogP contribution in [0.25, 0.3) is 0 Å². The predicted octanol–water partition coefficient (Wildman–Crippen LogP) is 3.33. The Morgan fingerprint density at radius 3 is 2.47 bits per heavy atom. The van der Waals surface area contributed by atoms with Gasteiger partial charge in [-0.25, -0.2) is 0 Å². The molecule has 0 saturated heterocycles. The third-order valence-electron chi connectivity index (χ3n) is 3.17. The van der Waals surface area contributed by atoms with Gasteiger partial charge in [0.15, 0.2) is 0 Å². The maximum absolute atomic E-state index is 6.16. The fraction of sp³-hybridized carbons (Fsp3) is 0.571. The topological polar surface area (TPSA) is 15.3 Å². The molecule has 1 rings (SSSR count). The summed E-state index contributed by atoms with van der Waals surface area (Å²) in [5.74, 6) is 0. The summed E-state index contributed by atoms with van der Waals surface area (Å²) >= 11 is 6.16. The minimum Gasteiger partial charge on any atom is -0.309 e. The molecule has 1 N–H and O–H groups in total. The Kier molecular flexibility index (Phi) is 5.96. The molecule has 0 aliphatic rings. The van der Waals surface area contributed by atoms with Gasteiger partial charge in [-0.15, -0.1) is 0 Å². The molecule has 17 heavy (non-hydrogen) atoms. The van der Waals surface area contributed by atoms with E-state index in [0.29, 0.717) is 12.1 Å². The van der Waals surface area contributed by atoms with Gasteiger partial charge in [0, 0.05) is 30.2 Å². The van der Waals surface area contributed by atoms with Crippen molar-refractivity contribution < 1.29 is 0 Å². The quantitative estimate of drug-likeness (QED) is 0.838. The molecule has 0 saturated carbocycles. The molecule has 0 aliphatic heterocycles. The average molecular weight is 255 g/mol. The third kappa shape index (κ3) is 4.66. The third-order valence-corrected chi connectivity index (χ3v) is 3.51. The van der Waals surface area contributed by atoms with Crippen molar-refractivity contribution in [3.05, 3.63) is 34.9 Å². The molecule has 1 atom stereocenters. The van der Waals surface area contributed by atoms with Crippen molar-refractivity contribution in [2.75, 3.05) is 20.1 Å². The minimum atomic E-state index is 0.296. The van der Waals surface area contributed by atoms with E-state index >= 15 is 0 Å². The van der Waals surface area contributed by atoms with E-state index in [4.69, 9.17) is 11.6 Å². The highest BCUT2D eigenvalue weighted by atomic mass is 35.5. The van der Waals surface area contributed by atoms with Gasteiger partial charge in [-0.1, -0.05) is 29.8 Å². The molecule has 0 aromatic heterocycles. The summed E-state index contributed by atoms with van der Waals surface area (Å²) in [4.78, 5) is 2.33. The van der Waals surface area contributed by atoms with Crippen LogP contribution >= 0.6 is 11.6 Å². The normalized spacial score (nSPS) is 13.4. The highest BCUT2D eigenvalue weighted by molar-refractivity contribution is 6.31. The molecular weight excluding hydrogens is 232 g/mol. The van der Waals surface area contributed by atoms with Crippen molar-refractivity contribution in [3.8, 4) is 0 Å². The molecule has 2 nitrogen and oxygen atoms in total. The van der Waals surface area contributed by atoms with Gasteiger partial charge in [0.05, 0.1) is 0 Å². The summed E-state index contributed by atoms with van der Waals surface area (Å²) < 4.78 is 0. The lowest BCUT2D eigenvalue weighted by atomic mass is 10.1. The molecule has 96 valence electrons. The van der Waals surface area contributed by atoms with Gasteiger partial charge in [0.1, 0.15) is 0 Å². The Labute approximate surface area is 110 Å². The number of nitrogens with zero attached hydrogens (tertiary/aromatic N) is 1. The van der Waals surface area contributed by atoms with E-state index in [1.165, 1.54) is 5.56 Å². The fourth-order valence-electron chi connectivity index (χ4n) is 1.65. The van der Waals surface area contributed by atoms with Gasteiger partial charge in [-0.3, -0.25) is 0 Å². The number of rotatable bonds is 6. The molecule has 3 heteroatoms. The summed E-state index contributed by atoms with van der Waals surface area (Å²) in [5.41, 5.74) is 1.17. The summed E-state index contributed by atoms with van der Waals surface area (Å²) in [7, 11) is 2.15. The van der Waals surface area contributed by atoms with Crippen LogP contribution in [0, 0.1) is 0 Å². The van der Waals surface area contributed by atoms with Crippen LogP contribution in [0.15, 0.2) is 24.3 Å². The van der Waals surface area contributed by atoms with E-state index < -0.39 is 0 Å². The molecule has 0 radical (unpaired) electrons. The fourth-order valence-corrected chi connectivity index (χ4v) is 1.95. The lowest BCUT2D eigenvalue weighted by molar-refractivity contribution is 0.270. The molecule has 0 spiro atoms. The first kappa shape index (κ1) is 14.5. The number of likely N-dealkylation sites (N-methyl/N-ethyl adjacent to an activating group) is 1. The summed E-state index contributed by atoms with van der Waals surface area (Å²) in [6.45, 7) is 8.58. The molecule has 0 bridgehead atoms. The zero-order valence-electron chi connectivity index (χ0n) is 11.2. The van der Waals surface area contributed by atoms with Gasteiger partial charge < -0.3 is 10.2 Å². The van der Waals surface area contributed by atoms with E-state index in [1.807, 2.05) is 18.2 Å². The van der Waals surface area contributed by atoms with E-state index in [9.17, 15) is 0 Å². The van der Waals surface area contributed by atoms with Crippen LogP contribution < -0.4 is 5.32 Å². The van der Waals surface area contributed by atoms with Gasteiger partial charge in [0.25, 0.3) is 0 Å². The number of halogens is 1. The van der Waals surface area contributed by atoms with Crippen LogP contribution in [0.5, 0.6) is 0 Å². The molecular formula is C14H23ClN2. The predicted molar refractivity (Wildman–Crippen MR) is 75.6 cm³/mol. The molecule has 1 unspecified atom stereocenters. The van der Waals surface area contributed by atoms with Crippen molar-refractivity contribution in [2.24, 2.45) is 0 Å².